The minimum absolute atomic E-state index is 0.144. The topological polar surface area (TPSA) is 9.23 Å². The van der Waals surface area contributed by atoms with E-state index in [0.717, 1.165) is 0 Å². The lowest BCUT2D eigenvalue weighted by molar-refractivity contribution is 0.233. The SMILES string of the molecule is COCC=C[C@H]1CC[C@H](c2ccc(F)cc2)CC1. The van der Waals surface area contributed by atoms with Crippen LogP contribution in [0.1, 0.15) is 37.2 Å². The predicted molar refractivity (Wildman–Crippen MR) is 72.1 cm³/mol. The molecule has 1 aliphatic rings. The Bertz CT molecular complexity index is 375. The standard InChI is InChI=1S/C16H21FO/c1-18-12-2-3-13-4-6-14(7-5-13)15-8-10-16(17)11-9-15/h2-3,8-11,13-14H,4-7,12H2,1H3/t13-,14-. The van der Waals surface area contributed by atoms with Gasteiger partial charge in [0.25, 0.3) is 0 Å². The van der Waals surface area contributed by atoms with Crippen molar-refractivity contribution in [2.24, 2.45) is 5.92 Å². The van der Waals surface area contributed by atoms with E-state index in [-0.39, 0.29) is 5.82 Å². The predicted octanol–water partition coefficient (Wildman–Crippen LogP) is 4.30. The molecule has 2 heteroatoms. The van der Waals surface area contributed by atoms with Gasteiger partial charge in [-0.3, -0.25) is 0 Å². The van der Waals surface area contributed by atoms with Gasteiger partial charge in [0.2, 0.25) is 0 Å². The minimum Gasteiger partial charge on any atom is -0.381 e. The van der Waals surface area contributed by atoms with Crippen LogP contribution in [0, 0.1) is 11.7 Å². The smallest absolute Gasteiger partial charge is 0.123 e. The van der Waals surface area contributed by atoms with Gasteiger partial charge in [-0.25, -0.2) is 4.39 Å². The molecule has 0 spiro atoms. The Kier molecular flexibility index (Phi) is 4.94. The molecule has 0 bridgehead atoms. The summed E-state index contributed by atoms with van der Waals surface area (Å²) in [6.45, 7) is 0.706. The quantitative estimate of drug-likeness (QED) is 0.722. The summed E-state index contributed by atoms with van der Waals surface area (Å²) in [5, 5.41) is 0. The molecule has 1 saturated carbocycles. The molecule has 1 aromatic carbocycles. The first-order chi connectivity index (χ1) is 8.79. The molecule has 0 aromatic heterocycles. The zero-order valence-electron chi connectivity index (χ0n) is 10.9. The second-order valence-corrected chi connectivity index (χ2v) is 5.05. The molecule has 1 fully saturated rings. The van der Waals surface area contributed by atoms with Gasteiger partial charge in [-0.05, 0) is 55.2 Å². The van der Waals surface area contributed by atoms with Crippen molar-refractivity contribution in [1.82, 2.24) is 0 Å². The molecule has 0 saturated heterocycles. The Morgan fingerprint density at radius 3 is 2.44 bits per heavy atom. The summed E-state index contributed by atoms with van der Waals surface area (Å²) in [5.74, 6) is 1.16. The third-order valence-corrected chi connectivity index (χ3v) is 3.78. The normalized spacial score (nSPS) is 24.6. The van der Waals surface area contributed by atoms with Gasteiger partial charge < -0.3 is 4.74 Å². The highest BCUT2D eigenvalue weighted by molar-refractivity contribution is 5.21. The van der Waals surface area contributed by atoms with Crippen molar-refractivity contribution < 1.29 is 9.13 Å². The van der Waals surface area contributed by atoms with Crippen molar-refractivity contribution in [1.29, 1.82) is 0 Å². The summed E-state index contributed by atoms with van der Waals surface area (Å²) in [6.07, 6.45) is 9.25. The number of rotatable bonds is 4. The maximum atomic E-state index is 12.9. The first-order valence-corrected chi connectivity index (χ1v) is 6.70. The second kappa shape index (κ2) is 6.69. The van der Waals surface area contributed by atoms with E-state index < -0.39 is 0 Å². The highest BCUT2D eigenvalue weighted by atomic mass is 19.1. The summed E-state index contributed by atoms with van der Waals surface area (Å²) in [7, 11) is 1.72. The van der Waals surface area contributed by atoms with E-state index in [9.17, 15) is 4.39 Å². The van der Waals surface area contributed by atoms with E-state index in [2.05, 4.69) is 12.2 Å². The Morgan fingerprint density at radius 1 is 1.17 bits per heavy atom. The number of halogens is 1. The van der Waals surface area contributed by atoms with Gasteiger partial charge in [0.15, 0.2) is 0 Å². The fourth-order valence-corrected chi connectivity index (χ4v) is 2.72. The molecule has 1 aromatic rings. The average Bonchev–Trinajstić information content (AvgIpc) is 2.41. The molecule has 0 unspecified atom stereocenters. The molecule has 0 aliphatic heterocycles. The number of hydrogen-bond donors (Lipinski definition) is 0. The number of benzene rings is 1. The van der Waals surface area contributed by atoms with Crippen LogP contribution in [-0.2, 0) is 4.74 Å². The molecule has 0 amide bonds. The summed E-state index contributed by atoms with van der Waals surface area (Å²) in [5.41, 5.74) is 1.29. The van der Waals surface area contributed by atoms with Gasteiger partial charge in [0.05, 0.1) is 6.61 Å². The van der Waals surface area contributed by atoms with Gasteiger partial charge in [-0.15, -0.1) is 0 Å². The van der Waals surface area contributed by atoms with Crippen LogP contribution in [0.15, 0.2) is 36.4 Å². The third-order valence-electron chi connectivity index (χ3n) is 3.78. The lowest BCUT2D eigenvalue weighted by atomic mass is 9.78. The lowest BCUT2D eigenvalue weighted by Gasteiger charge is -2.27. The minimum atomic E-state index is -0.144. The lowest BCUT2D eigenvalue weighted by Crippen LogP contribution is -2.11. The molecule has 0 atom stereocenters. The summed E-state index contributed by atoms with van der Waals surface area (Å²) >= 11 is 0. The first kappa shape index (κ1) is 13.3. The van der Waals surface area contributed by atoms with E-state index in [4.69, 9.17) is 4.74 Å². The largest absolute Gasteiger partial charge is 0.381 e. The number of ether oxygens (including phenoxy) is 1. The zero-order valence-corrected chi connectivity index (χ0v) is 10.9. The van der Waals surface area contributed by atoms with E-state index in [1.807, 2.05) is 12.1 Å². The van der Waals surface area contributed by atoms with E-state index in [1.165, 1.54) is 31.2 Å². The Morgan fingerprint density at radius 2 is 1.83 bits per heavy atom. The number of allylic oxidation sites excluding steroid dienone is 1. The van der Waals surface area contributed by atoms with Gasteiger partial charge in [-0.2, -0.15) is 0 Å². The first-order valence-electron chi connectivity index (χ1n) is 6.70. The summed E-state index contributed by atoms with van der Waals surface area (Å²) < 4.78 is 17.9. The van der Waals surface area contributed by atoms with Gasteiger partial charge in [-0.1, -0.05) is 24.3 Å². The summed E-state index contributed by atoms with van der Waals surface area (Å²) in [6, 6.07) is 7.00. The van der Waals surface area contributed by atoms with Crippen molar-refractivity contribution >= 4 is 0 Å². The maximum Gasteiger partial charge on any atom is 0.123 e. The van der Waals surface area contributed by atoms with Gasteiger partial charge in [0.1, 0.15) is 5.82 Å². The Hall–Kier alpha value is -1.15. The van der Waals surface area contributed by atoms with Crippen LogP contribution >= 0.6 is 0 Å². The molecule has 0 heterocycles. The fraction of sp³-hybridized carbons (Fsp3) is 0.500. The van der Waals surface area contributed by atoms with Crippen LogP contribution in [0.2, 0.25) is 0 Å². The molecule has 1 aliphatic carbocycles. The Labute approximate surface area is 109 Å². The van der Waals surface area contributed by atoms with Crippen molar-refractivity contribution in [2.45, 2.75) is 31.6 Å². The van der Waals surface area contributed by atoms with E-state index in [0.29, 0.717) is 18.4 Å². The van der Waals surface area contributed by atoms with Crippen LogP contribution in [-0.4, -0.2) is 13.7 Å². The zero-order chi connectivity index (χ0) is 12.8. The van der Waals surface area contributed by atoms with Crippen LogP contribution in [0.25, 0.3) is 0 Å². The van der Waals surface area contributed by atoms with Crippen molar-refractivity contribution in [2.75, 3.05) is 13.7 Å². The highest BCUT2D eigenvalue weighted by Gasteiger charge is 2.20. The van der Waals surface area contributed by atoms with Crippen LogP contribution in [0.3, 0.4) is 0 Å². The van der Waals surface area contributed by atoms with Crippen LogP contribution in [0.5, 0.6) is 0 Å². The van der Waals surface area contributed by atoms with Crippen molar-refractivity contribution in [3.05, 3.63) is 47.8 Å². The van der Waals surface area contributed by atoms with Crippen molar-refractivity contribution in [3.8, 4) is 0 Å². The van der Waals surface area contributed by atoms with Crippen LogP contribution in [0.4, 0.5) is 4.39 Å². The molecule has 18 heavy (non-hydrogen) atoms. The number of hydrogen-bond acceptors (Lipinski definition) is 1. The second-order valence-electron chi connectivity index (χ2n) is 5.05. The number of methoxy groups -OCH3 is 1. The molecule has 0 N–H and O–H groups in total. The molecular formula is C16H21FO. The molecular weight excluding hydrogens is 227 g/mol. The molecule has 98 valence electrons. The van der Waals surface area contributed by atoms with E-state index in [1.54, 1.807) is 19.2 Å². The fourth-order valence-electron chi connectivity index (χ4n) is 2.72. The summed E-state index contributed by atoms with van der Waals surface area (Å²) in [4.78, 5) is 0. The average molecular weight is 248 g/mol. The third kappa shape index (κ3) is 3.67. The molecule has 2 rings (SSSR count). The monoisotopic (exact) mass is 248 g/mol. The van der Waals surface area contributed by atoms with Crippen LogP contribution < -0.4 is 0 Å². The van der Waals surface area contributed by atoms with E-state index >= 15 is 0 Å². The van der Waals surface area contributed by atoms with Gasteiger partial charge in [0, 0.05) is 7.11 Å². The molecule has 0 radical (unpaired) electrons. The van der Waals surface area contributed by atoms with Crippen molar-refractivity contribution in [3.63, 3.8) is 0 Å². The Balaban J connectivity index is 1.84. The highest BCUT2D eigenvalue weighted by Crippen LogP contribution is 2.36. The van der Waals surface area contributed by atoms with Gasteiger partial charge >= 0.3 is 0 Å². The maximum absolute atomic E-state index is 12.9. The molecule has 1 nitrogen and oxygen atoms in total.